The number of benzene rings is 1. The first-order valence-electron chi connectivity index (χ1n) is 7.77. The molecule has 0 aliphatic heterocycles. The van der Waals surface area contributed by atoms with Gasteiger partial charge in [0, 0.05) is 23.8 Å². The number of nitrogens with one attached hydrogen (secondary N) is 2. The zero-order valence-electron chi connectivity index (χ0n) is 13.1. The van der Waals surface area contributed by atoms with Crippen molar-refractivity contribution in [3.05, 3.63) is 66.2 Å². The predicted molar refractivity (Wildman–Crippen MR) is 88.6 cm³/mol. The van der Waals surface area contributed by atoms with Gasteiger partial charge in [0.1, 0.15) is 11.9 Å². The Kier molecular flexibility index (Phi) is 4.90. The number of aromatic nitrogens is 2. The second-order valence-electron chi connectivity index (χ2n) is 5.69. The number of H-pyrrole nitrogens is 1. The molecule has 0 fully saturated rings. The van der Waals surface area contributed by atoms with Crippen molar-refractivity contribution in [3.8, 4) is 11.3 Å². The minimum absolute atomic E-state index is 0.151. The molecule has 0 bridgehead atoms. The third-order valence-electron chi connectivity index (χ3n) is 3.79. The van der Waals surface area contributed by atoms with Gasteiger partial charge in [-0.05, 0) is 31.5 Å². The molecule has 5 nitrogen and oxygen atoms in total. The molecular formula is C18H21N3O2. The topological polar surface area (TPSA) is 74.1 Å². The Bertz CT molecular complexity index is 707. The molecule has 2 unspecified atom stereocenters. The Labute approximate surface area is 135 Å². The van der Waals surface area contributed by atoms with Crippen molar-refractivity contribution in [2.45, 2.75) is 32.0 Å². The summed E-state index contributed by atoms with van der Waals surface area (Å²) in [6.07, 6.45) is 1.58. The maximum atomic E-state index is 10.1. The Morgan fingerprint density at radius 3 is 2.78 bits per heavy atom. The van der Waals surface area contributed by atoms with Crippen LogP contribution in [-0.4, -0.2) is 21.3 Å². The van der Waals surface area contributed by atoms with Crippen LogP contribution in [0.2, 0.25) is 0 Å². The van der Waals surface area contributed by atoms with Crippen LogP contribution in [0.25, 0.3) is 11.3 Å². The predicted octanol–water partition coefficient (Wildman–Crippen LogP) is 3.27. The molecule has 2 heterocycles. The molecule has 3 aromatic rings. The van der Waals surface area contributed by atoms with E-state index in [0.29, 0.717) is 18.7 Å². The van der Waals surface area contributed by atoms with Gasteiger partial charge in [-0.3, -0.25) is 5.10 Å². The minimum atomic E-state index is -0.589. The number of hydrogen-bond acceptors (Lipinski definition) is 4. The molecule has 2 atom stereocenters. The van der Waals surface area contributed by atoms with E-state index < -0.39 is 6.10 Å². The largest absolute Gasteiger partial charge is 0.467 e. The second-order valence-corrected chi connectivity index (χ2v) is 5.69. The Morgan fingerprint density at radius 1 is 1.22 bits per heavy atom. The molecule has 2 aromatic heterocycles. The fourth-order valence-electron chi connectivity index (χ4n) is 2.51. The molecule has 0 saturated carbocycles. The Balaban J connectivity index is 1.51. The number of furan rings is 1. The van der Waals surface area contributed by atoms with Gasteiger partial charge in [-0.25, -0.2) is 0 Å². The molecule has 0 saturated heterocycles. The van der Waals surface area contributed by atoms with Gasteiger partial charge in [-0.15, -0.1) is 0 Å². The van der Waals surface area contributed by atoms with Crippen LogP contribution in [0, 0.1) is 0 Å². The molecule has 0 aliphatic rings. The molecule has 3 rings (SSSR count). The molecule has 23 heavy (non-hydrogen) atoms. The van der Waals surface area contributed by atoms with Crippen LogP contribution < -0.4 is 5.32 Å². The van der Waals surface area contributed by atoms with Crippen molar-refractivity contribution in [1.29, 1.82) is 0 Å². The molecule has 0 aliphatic carbocycles. The second kappa shape index (κ2) is 7.26. The fraction of sp³-hybridized carbons (Fsp3) is 0.278. The molecule has 5 heteroatoms. The van der Waals surface area contributed by atoms with Crippen molar-refractivity contribution in [3.63, 3.8) is 0 Å². The third kappa shape index (κ3) is 4.09. The number of rotatable bonds is 7. The number of nitrogens with zero attached hydrogens (tertiary/aromatic N) is 1. The van der Waals surface area contributed by atoms with Crippen LogP contribution in [0.1, 0.15) is 30.9 Å². The summed E-state index contributed by atoms with van der Waals surface area (Å²) >= 11 is 0. The van der Waals surface area contributed by atoms with E-state index in [-0.39, 0.29) is 6.04 Å². The van der Waals surface area contributed by atoms with Gasteiger partial charge in [-0.1, -0.05) is 30.3 Å². The van der Waals surface area contributed by atoms with Gasteiger partial charge < -0.3 is 14.8 Å². The van der Waals surface area contributed by atoms with Gasteiger partial charge >= 0.3 is 0 Å². The Hall–Kier alpha value is -2.37. The lowest BCUT2D eigenvalue weighted by Crippen LogP contribution is -2.27. The monoisotopic (exact) mass is 311 g/mol. The number of aliphatic hydroxyl groups excluding tert-OH is 1. The highest BCUT2D eigenvalue weighted by Crippen LogP contribution is 2.19. The number of aromatic amines is 1. The average Bonchev–Trinajstić information content (AvgIpc) is 3.25. The smallest absolute Gasteiger partial charge is 0.132 e. The normalized spacial score (nSPS) is 13.8. The van der Waals surface area contributed by atoms with Crippen LogP contribution in [0.15, 0.2) is 59.2 Å². The minimum Gasteiger partial charge on any atom is -0.467 e. The van der Waals surface area contributed by atoms with E-state index in [1.165, 1.54) is 0 Å². The SMILES string of the molecule is CC(CC(O)c1ccco1)NCc1cc(-c2ccccc2)n[nH]1. The average molecular weight is 311 g/mol. The molecule has 3 N–H and O–H groups in total. The fourth-order valence-corrected chi connectivity index (χ4v) is 2.51. The molecule has 0 amide bonds. The zero-order chi connectivity index (χ0) is 16.1. The summed E-state index contributed by atoms with van der Waals surface area (Å²) in [6, 6.07) is 15.8. The summed E-state index contributed by atoms with van der Waals surface area (Å²) in [5, 5.41) is 20.8. The molecule has 0 radical (unpaired) electrons. The van der Waals surface area contributed by atoms with E-state index in [4.69, 9.17) is 4.42 Å². The van der Waals surface area contributed by atoms with Gasteiger partial charge in [-0.2, -0.15) is 5.10 Å². The summed E-state index contributed by atoms with van der Waals surface area (Å²) in [4.78, 5) is 0. The van der Waals surface area contributed by atoms with E-state index in [1.807, 2.05) is 43.3 Å². The van der Waals surface area contributed by atoms with Crippen LogP contribution in [0.3, 0.4) is 0 Å². The highest BCUT2D eigenvalue weighted by molar-refractivity contribution is 5.58. The first-order valence-corrected chi connectivity index (χ1v) is 7.77. The maximum absolute atomic E-state index is 10.1. The third-order valence-corrected chi connectivity index (χ3v) is 3.79. The molecular weight excluding hydrogens is 290 g/mol. The van der Waals surface area contributed by atoms with Crippen LogP contribution in [0.5, 0.6) is 0 Å². The van der Waals surface area contributed by atoms with Crippen molar-refractivity contribution in [1.82, 2.24) is 15.5 Å². The van der Waals surface area contributed by atoms with E-state index in [0.717, 1.165) is 17.0 Å². The van der Waals surface area contributed by atoms with E-state index in [2.05, 4.69) is 15.5 Å². The lowest BCUT2D eigenvalue weighted by Gasteiger charge is -2.16. The first kappa shape index (κ1) is 15.5. The highest BCUT2D eigenvalue weighted by Gasteiger charge is 2.14. The van der Waals surface area contributed by atoms with E-state index in [1.54, 1.807) is 18.4 Å². The lowest BCUT2D eigenvalue weighted by molar-refractivity contribution is 0.128. The summed E-state index contributed by atoms with van der Waals surface area (Å²) in [5.74, 6) is 0.603. The molecule has 1 aromatic carbocycles. The summed E-state index contributed by atoms with van der Waals surface area (Å²) in [7, 11) is 0. The van der Waals surface area contributed by atoms with Crippen molar-refractivity contribution >= 4 is 0 Å². The quantitative estimate of drug-likeness (QED) is 0.626. The van der Waals surface area contributed by atoms with Gasteiger partial charge in [0.05, 0.1) is 12.0 Å². The summed E-state index contributed by atoms with van der Waals surface area (Å²) in [5.41, 5.74) is 3.05. The van der Waals surface area contributed by atoms with Gasteiger partial charge in [0.25, 0.3) is 0 Å². The van der Waals surface area contributed by atoms with Crippen LogP contribution in [-0.2, 0) is 6.54 Å². The Morgan fingerprint density at radius 2 is 2.04 bits per heavy atom. The highest BCUT2D eigenvalue weighted by atomic mass is 16.4. The zero-order valence-corrected chi connectivity index (χ0v) is 13.1. The van der Waals surface area contributed by atoms with Crippen LogP contribution in [0.4, 0.5) is 0 Å². The first-order chi connectivity index (χ1) is 11.2. The summed E-state index contributed by atoms with van der Waals surface area (Å²) < 4.78 is 5.22. The standard InChI is InChI=1S/C18H21N3O2/c1-13(10-17(22)18-8-5-9-23-18)19-12-15-11-16(21-20-15)14-6-3-2-4-7-14/h2-9,11,13,17,19,22H,10,12H2,1H3,(H,20,21). The lowest BCUT2D eigenvalue weighted by atomic mass is 10.1. The molecule has 120 valence electrons. The number of aliphatic hydroxyl groups is 1. The summed E-state index contributed by atoms with van der Waals surface area (Å²) in [6.45, 7) is 2.71. The molecule has 0 spiro atoms. The maximum Gasteiger partial charge on any atom is 0.132 e. The van der Waals surface area contributed by atoms with Crippen molar-refractivity contribution in [2.75, 3.05) is 0 Å². The van der Waals surface area contributed by atoms with Crippen molar-refractivity contribution in [2.24, 2.45) is 0 Å². The number of hydrogen-bond donors (Lipinski definition) is 3. The van der Waals surface area contributed by atoms with Gasteiger partial charge in [0.2, 0.25) is 0 Å². The van der Waals surface area contributed by atoms with E-state index >= 15 is 0 Å². The van der Waals surface area contributed by atoms with E-state index in [9.17, 15) is 5.11 Å². The van der Waals surface area contributed by atoms with Crippen LogP contribution >= 0.6 is 0 Å². The van der Waals surface area contributed by atoms with Gasteiger partial charge in [0.15, 0.2) is 0 Å². The van der Waals surface area contributed by atoms with Crippen molar-refractivity contribution < 1.29 is 9.52 Å².